The molecule has 42 heavy (non-hydrogen) atoms. The van der Waals surface area contributed by atoms with Gasteiger partial charge in [0.15, 0.2) is 11.6 Å². The zero-order chi connectivity index (χ0) is 29.1. The van der Waals surface area contributed by atoms with E-state index in [0.29, 0.717) is 5.56 Å². The maximum atomic E-state index is 16.6. The zero-order valence-electron chi connectivity index (χ0n) is 22.3. The molecule has 0 radical (unpaired) electrons. The van der Waals surface area contributed by atoms with Gasteiger partial charge in [-0.1, -0.05) is 36.4 Å². The quantitative estimate of drug-likeness (QED) is 0.203. The number of carboxylic acids is 1. The number of hydrogen-bond acceptors (Lipinski definition) is 4. The van der Waals surface area contributed by atoms with Crippen LogP contribution < -0.4 is 5.32 Å². The van der Waals surface area contributed by atoms with Gasteiger partial charge in [0.25, 0.3) is 0 Å². The number of carboxylic acid groups (broad SMARTS) is 1. The minimum atomic E-state index is -0.937. The van der Waals surface area contributed by atoms with Crippen molar-refractivity contribution < 1.29 is 23.1 Å². The van der Waals surface area contributed by atoms with Crippen molar-refractivity contribution in [3.63, 3.8) is 0 Å². The minimum absolute atomic E-state index is 0.0187. The Balaban J connectivity index is 1.48. The molecule has 3 fully saturated rings. The Hall–Kier alpha value is -4.84. The van der Waals surface area contributed by atoms with Gasteiger partial charge in [-0.05, 0) is 66.0 Å². The van der Waals surface area contributed by atoms with E-state index in [-0.39, 0.29) is 50.9 Å². The normalized spacial score (nSPS) is 21.5. The Bertz CT molecular complexity index is 1940. The summed E-state index contributed by atoms with van der Waals surface area (Å²) >= 11 is 0. The van der Waals surface area contributed by atoms with Gasteiger partial charge in [-0.25, -0.2) is 18.2 Å². The van der Waals surface area contributed by atoms with Crippen LogP contribution in [0.1, 0.15) is 31.2 Å². The zero-order valence-corrected chi connectivity index (χ0v) is 22.3. The van der Waals surface area contributed by atoms with Crippen molar-refractivity contribution in [1.29, 1.82) is 5.26 Å². The number of hydrogen-bond donors (Lipinski definition) is 3. The maximum absolute atomic E-state index is 16.6. The minimum Gasteiger partial charge on any atom is -0.481 e. The van der Waals surface area contributed by atoms with E-state index in [4.69, 9.17) is 0 Å². The Labute approximate surface area is 238 Å². The average Bonchev–Trinajstić information content (AvgIpc) is 3.42. The number of aromatic nitrogens is 2. The fourth-order valence-electron chi connectivity index (χ4n) is 7.10. The van der Waals surface area contributed by atoms with E-state index in [1.54, 1.807) is 12.1 Å². The van der Waals surface area contributed by atoms with Crippen molar-refractivity contribution in [2.45, 2.75) is 31.7 Å². The molecule has 0 unspecified atom stereocenters. The van der Waals surface area contributed by atoms with Crippen molar-refractivity contribution in [2.75, 3.05) is 5.32 Å². The molecule has 3 N–H and O–H groups in total. The number of carbonyl (C=O) groups is 1. The molecule has 3 aromatic carbocycles. The van der Waals surface area contributed by atoms with Gasteiger partial charge in [-0.2, -0.15) is 5.26 Å². The highest BCUT2D eigenvalue weighted by atomic mass is 19.1. The molecule has 5 aromatic rings. The Morgan fingerprint density at radius 2 is 1.74 bits per heavy atom. The van der Waals surface area contributed by atoms with Crippen LogP contribution in [0, 0.1) is 46.5 Å². The van der Waals surface area contributed by atoms with Gasteiger partial charge in [0.2, 0.25) is 0 Å². The van der Waals surface area contributed by atoms with Crippen LogP contribution in [0.4, 0.5) is 19.0 Å². The molecule has 2 heterocycles. The first-order valence-corrected chi connectivity index (χ1v) is 13.9. The topological polar surface area (TPSA) is 102 Å². The van der Waals surface area contributed by atoms with Gasteiger partial charge in [0.05, 0.1) is 22.7 Å². The highest BCUT2D eigenvalue weighted by molar-refractivity contribution is 5.99. The third-order valence-corrected chi connectivity index (χ3v) is 9.06. The molecule has 0 saturated heterocycles. The molecule has 3 saturated carbocycles. The monoisotopic (exact) mass is 566 g/mol. The van der Waals surface area contributed by atoms with Crippen molar-refractivity contribution in [3.05, 3.63) is 83.8 Å². The SMILES string of the molecule is N#Cc1c(-c2c[nH]c3c(F)cc(F)cc23)nc(N[C@H]2C3CCC(CC3)[C@@H]2C(=O)O)c(F)c1-c1ccc2ccccc2c1. The molecule has 0 spiro atoms. The third kappa shape index (κ3) is 4.09. The van der Waals surface area contributed by atoms with Gasteiger partial charge in [0, 0.05) is 34.8 Å². The van der Waals surface area contributed by atoms with Crippen molar-refractivity contribution in [2.24, 2.45) is 17.8 Å². The summed E-state index contributed by atoms with van der Waals surface area (Å²) in [7, 11) is 0. The third-order valence-electron chi connectivity index (χ3n) is 9.06. The number of fused-ring (bicyclic) bond motifs is 5. The number of pyridine rings is 1. The summed E-state index contributed by atoms with van der Waals surface area (Å²) in [6.45, 7) is 0. The predicted molar refractivity (Wildman–Crippen MR) is 153 cm³/mol. The second-order valence-electron chi connectivity index (χ2n) is 11.3. The smallest absolute Gasteiger partial charge is 0.308 e. The van der Waals surface area contributed by atoms with Crippen LogP contribution in [0.15, 0.2) is 60.8 Å². The van der Waals surface area contributed by atoms with E-state index in [0.717, 1.165) is 48.6 Å². The lowest BCUT2D eigenvalue weighted by Gasteiger charge is -2.47. The van der Waals surface area contributed by atoms with Crippen molar-refractivity contribution in [3.8, 4) is 28.5 Å². The number of rotatable bonds is 5. The van der Waals surface area contributed by atoms with Gasteiger partial charge >= 0.3 is 5.97 Å². The Kier molecular flexibility index (Phi) is 6.15. The molecule has 8 rings (SSSR count). The van der Waals surface area contributed by atoms with Crippen LogP contribution in [-0.4, -0.2) is 27.1 Å². The molecule has 3 aliphatic rings. The number of H-pyrrole nitrogens is 1. The maximum Gasteiger partial charge on any atom is 0.308 e. The number of nitrogens with zero attached hydrogens (tertiary/aromatic N) is 2. The summed E-state index contributed by atoms with van der Waals surface area (Å²) in [4.78, 5) is 19.7. The summed E-state index contributed by atoms with van der Waals surface area (Å²) in [6.07, 6.45) is 4.70. The van der Waals surface area contributed by atoms with E-state index in [1.807, 2.05) is 30.3 Å². The molecule has 2 aromatic heterocycles. The number of benzene rings is 3. The van der Waals surface area contributed by atoms with Gasteiger partial charge in [0.1, 0.15) is 17.7 Å². The summed E-state index contributed by atoms with van der Waals surface area (Å²) in [5.41, 5.74) is 0.595. The first kappa shape index (κ1) is 26.1. The number of aliphatic carboxylic acids is 1. The highest BCUT2D eigenvalue weighted by Gasteiger charge is 2.47. The van der Waals surface area contributed by atoms with Crippen molar-refractivity contribution in [1.82, 2.24) is 9.97 Å². The fraction of sp³-hybridized carbons (Fsp3) is 0.242. The number of nitrogens with one attached hydrogen (secondary N) is 2. The lowest BCUT2D eigenvalue weighted by molar-refractivity contribution is -0.148. The van der Waals surface area contributed by atoms with Gasteiger partial charge in [-0.15, -0.1) is 0 Å². The van der Waals surface area contributed by atoms with E-state index in [1.165, 1.54) is 6.20 Å². The number of aromatic amines is 1. The average molecular weight is 567 g/mol. The summed E-state index contributed by atoms with van der Waals surface area (Å²) in [5, 5.41) is 25.5. The van der Waals surface area contributed by atoms with Gasteiger partial charge < -0.3 is 15.4 Å². The standard InChI is InChI=1S/C33H25F3N4O2/c34-21-12-22-24(15-38-31(22)25(35)13-21)30-23(14-37)26(20-10-5-16-3-1-2-4-19(16)11-20)28(36)32(40-30)39-29-18-8-6-17(7-9-18)27(29)33(41)42/h1-5,10-13,15,17-18,27,29,38H,6-9H2,(H,39,40)(H,41,42)/t17?,18?,27-,29-/m0/s1. The molecular weight excluding hydrogens is 541 g/mol. The number of anilines is 1. The lowest BCUT2D eigenvalue weighted by atomic mass is 9.61. The van der Waals surface area contributed by atoms with Crippen LogP contribution >= 0.6 is 0 Å². The lowest BCUT2D eigenvalue weighted by Crippen LogP contribution is -2.51. The van der Waals surface area contributed by atoms with E-state index in [9.17, 15) is 23.9 Å². The van der Waals surface area contributed by atoms with Crippen LogP contribution in [0.3, 0.4) is 0 Å². The fourth-order valence-corrected chi connectivity index (χ4v) is 7.10. The van der Waals surface area contributed by atoms with Crippen LogP contribution in [0.25, 0.3) is 44.1 Å². The summed E-state index contributed by atoms with van der Waals surface area (Å²) in [6, 6.07) is 16.3. The van der Waals surface area contributed by atoms with Crippen LogP contribution in [0.5, 0.6) is 0 Å². The second kappa shape index (κ2) is 9.91. The Morgan fingerprint density at radius 1 is 1.00 bits per heavy atom. The molecule has 2 atom stereocenters. The van der Waals surface area contributed by atoms with Crippen molar-refractivity contribution >= 4 is 33.5 Å². The molecule has 3 aliphatic carbocycles. The number of nitriles is 1. The van der Waals surface area contributed by atoms with E-state index in [2.05, 4.69) is 21.4 Å². The van der Waals surface area contributed by atoms with E-state index < -0.39 is 35.4 Å². The second-order valence-corrected chi connectivity index (χ2v) is 11.3. The summed E-state index contributed by atoms with van der Waals surface area (Å²) in [5.74, 6) is -4.24. The molecule has 210 valence electrons. The van der Waals surface area contributed by atoms with Crippen LogP contribution in [0.2, 0.25) is 0 Å². The molecule has 0 amide bonds. The number of halogens is 3. The largest absolute Gasteiger partial charge is 0.481 e. The Morgan fingerprint density at radius 3 is 2.48 bits per heavy atom. The molecule has 9 heteroatoms. The first-order valence-electron chi connectivity index (χ1n) is 13.9. The van der Waals surface area contributed by atoms with Crippen LogP contribution in [-0.2, 0) is 4.79 Å². The summed E-state index contributed by atoms with van der Waals surface area (Å²) < 4.78 is 45.6. The van der Waals surface area contributed by atoms with E-state index >= 15 is 4.39 Å². The van der Waals surface area contributed by atoms with Gasteiger partial charge in [-0.3, -0.25) is 4.79 Å². The molecule has 2 bridgehead atoms. The first-order chi connectivity index (χ1) is 20.3. The highest BCUT2D eigenvalue weighted by Crippen LogP contribution is 2.47. The molecular formula is C33H25F3N4O2. The molecule has 0 aliphatic heterocycles. The molecule has 6 nitrogen and oxygen atoms in total. The predicted octanol–water partition coefficient (Wildman–Crippen LogP) is 7.64.